The highest BCUT2D eigenvalue weighted by molar-refractivity contribution is 5.72. The van der Waals surface area contributed by atoms with Crippen LogP contribution in [0.15, 0.2) is 0 Å². The Kier molecular flexibility index (Phi) is 8.92. The predicted molar refractivity (Wildman–Crippen MR) is 37.3 cm³/mol. The fourth-order valence-electron chi connectivity index (χ4n) is 0.391. The summed E-state index contributed by atoms with van der Waals surface area (Å²) in [5.74, 6) is -2.75. The first-order chi connectivity index (χ1) is 5.54. The van der Waals surface area contributed by atoms with Gasteiger partial charge in [-0.15, -0.1) is 0 Å². The van der Waals surface area contributed by atoms with Crippen molar-refractivity contribution in [1.29, 1.82) is 0 Å². The third-order valence-corrected chi connectivity index (χ3v) is 0.962. The van der Waals surface area contributed by atoms with Crippen molar-refractivity contribution in [1.82, 2.24) is 0 Å². The van der Waals surface area contributed by atoms with Crippen LogP contribution in [0.2, 0.25) is 0 Å². The van der Waals surface area contributed by atoms with Crippen molar-refractivity contribution in [2.24, 2.45) is 11.5 Å². The maximum Gasteiger partial charge on any atom is 0.0582 e. The van der Waals surface area contributed by atoms with Crippen LogP contribution in [-0.2, 0) is 9.59 Å². The van der Waals surface area contributed by atoms with Gasteiger partial charge in [-0.25, -0.2) is 0 Å². The summed E-state index contributed by atoms with van der Waals surface area (Å²) in [6, 6.07) is -1.21. The first kappa shape index (κ1) is 13.4. The molecule has 0 heterocycles. The van der Waals surface area contributed by atoms with Crippen molar-refractivity contribution >= 4 is 11.9 Å². The summed E-state index contributed by atoms with van der Waals surface area (Å²) in [5, 5.41) is 19.6. The Balaban J connectivity index is 0. The molecule has 0 saturated heterocycles. The number of carbonyl (C=O) groups excluding carboxylic acids is 2. The number of hydrogen-bond donors (Lipinski definition) is 2. The molecule has 12 heavy (non-hydrogen) atoms. The third kappa shape index (κ3) is 8.86. The highest BCUT2D eigenvalue weighted by atomic mass is 16.4. The molecule has 0 amide bonds. The minimum atomic E-state index is -1.44. The van der Waals surface area contributed by atoms with Crippen molar-refractivity contribution < 1.29 is 19.8 Å². The smallest absolute Gasteiger partial charge is 0.0582 e. The Morgan fingerprint density at radius 1 is 1.33 bits per heavy atom. The zero-order valence-corrected chi connectivity index (χ0v) is 6.78. The average Bonchev–Trinajstić information content (AvgIpc) is 2.03. The second-order valence-corrected chi connectivity index (χ2v) is 1.84. The van der Waals surface area contributed by atoms with Gasteiger partial charge in [0.15, 0.2) is 0 Å². The van der Waals surface area contributed by atoms with Gasteiger partial charge in [0.25, 0.3) is 0 Å². The average molecular weight is 176 g/mol. The number of hydrogen-bond acceptors (Lipinski definition) is 6. The molecule has 0 saturated carbocycles. The Morgan fingerprint density at radius 2 is 1.75 bits per heavy atom. The van der Waals surface area contributed by atoms with Crippen molar-refractivity contribution in [3.8, 4) is 0 Å². The number of nitrogens with two attached hydrogens (primary N) is 2. The fourth-order valence-corrected chi connectivity index (χ4v) is 0.391. The lowest BCUT2D eigenvalue weighted by Gasteiger charge is -2.11. The van der Waals surface area contributed by atoms with Gasteiger partial charge in [-0.1, -0.05) is 0 Å². The molecule has 0 aliphatic heterocycles. The first-order valence-electron chi connectivity index (χ1n) is 3.28. The fraction of sp³-hybridized carbons (Fsp3) is 0.667. The number of carbonyl (C=O) groups is 2. The van der Waals surface area contributed by atoms with Crippen molar-refractivity contribution in [2.45, 2.75) is 18.9 Å². The maximum absolute atomic E-state index is 9.86. The van der Waals surface area contributed by atoms with Crippen LogP contribution in [0.25, 0.3) is 0 Å². The van der Waals surface area contributed by atoms with E-state index in [4.69, 9.17) is 5.73 Å². The van der Waals surface area contributed by atoms with E-state index in [1.165, 1.54) is 7.05 Å². The topological polar surface area (TPSA) is 132 Å². The van der Waals surface area contributed by atoms with Gasteiger partial charge in [-0.2, -0.15) is 0 Å². The van der Waals surface area contributed by atoms with Crippen LogP contribution in [0.4, 0.5) is 0 Å². The van der Waals surface area contributed by atoms with E-state index in [1.54, 1.807) is 0 Å². The molecule has 0 aliphatic rings. The van der Waals surface area contributed by atoms with Gasteiger partial charge < -0.3 is 31.3 Å². The van der Waals surface area contributed by atoms with Crippen molar-refractivity contribution in [3.63, 3.8) is 0 Å². The van der Waals surface area contributed by atoms with Crippen molar-refractivity contribution in [3.05, 3.63) is 0 Å². The van der Waals surface area contributed by atoms with Crippen LogP contribution in [0.1, 0.15) is 12.8 Å². The first-order valence-corrected chi connectivity index (χ1v) is 3.28. The van der Waals surface area contributed by atoms with E-state index < -0.39 is 18.0 Å². The van der Waals surface area contributed by atoms with Gasteiger partial charge in [0, 0.05) is 12.0 Å². The lowest BCUT2D eigenvalue weighted by molar-refractivity contribution is -0.309. The normalized spacial score (nSPS) is 10.9. The Bertz CT molecular complexity index is 148. The summed E-state index contributed by atoms with van der Waals surface area (Å²) in [6.07, 6.45) is -0.500. The van der Waals surface area contributed by atoms with Gasteiger partial charge in [0.05, 0.1) is 5.97 Å². The van der Waals surface area contributed by atoms with Crippen LogP contribution in [0, 0.1) is 0 Å². The molecule has 0 aromatic rings. The summed E-state index contributed by atoms with van der Waals surface area (Å²) in [4.78, 5) is 19.6. The second kappa shape index (κ2) is 7.96. The van der Waals surface area contributed by atoms with E-state index >= 15 is 0 Å². The molecule has 0 bridgehead atoms. The van der Waals surface area contributed by atoms with Gasteiger partial charge >= 0.3 is 0 Å². The van der Waals surface area contributed by atoms with Crippen LogP contribution in [-0.4, -0.2) is 25.0 Å². The van der Waals surface area contributed by atoms with Crippen LogP contribution in [0.3, 0.4) is 0 Å². The van der Waals surface area contributed by atoms with E-state index in [0.717, 1.165) is 0 Å². The molecule has 0 aromatic carbocycles. The standard InChI is InChI=1S/C5H9NO4.CH5N/c6-3(5(9)10)1-2-4(7)8;1-2/h3H,1-2,6H2,(H,7,8)(H,9,10);2H2,1H3/p-2. The molecule has 0 aromatic heterocycles. The Hall–Kier alpha value is -1.14. The van der Waals surface area contributed by atoms with E-state index in [9.17, 15) is 19.8 Å². The number of carboxylic acids is 2. The SMILES string of the molecule is CN.NC(CCC(=O)[O-])C(=O)[O-]. The van der Waals surface area contributed by atoms with E-state index in [2.05, 4.69) is 5.73 Å². The van der Waals surface area contributed by atoms with Gasteiger partial charge in [0.2, 0.25) is 0 Å². The maximum atomic E-state index is 9.86. The van der Waals surface area contributed by atoms with Crippen LogP contribution >= 0.6 is 0 Å². The second-order valence-electron chi connectivity index (χ2n) is 1.84. The summed E-state index contributed by atoms with van der Waals surface area (Å²) >= 11 is 0. The monoisotopic (exact) mass is 176 g/mol. The molecule has 4 N–H and O–H groups in total. The highest BCUT2D eigenvalue weighted by Gasteiger charge is 2.01. The Morgan fingerprint density at radius 3 is 2.00 bits per heavy atom. The highest BCUT2D eigenvalue weighted by Crippen LogP contribution is 1.90. The van der Waals surface area contributed by atoms with Crippen LogP contribution < -0.4 is 21.7 Å². The van der Waals surface area contributed by atoms with E-state index in [-0.39, 0.29) is 12.8 Å². The molecule has 1 atom stereocenters. The van der Waals surface area contributed by atoms with E-state index in [0.29, 0.717) is 0 Å². The lowest BCUT2D eigenvalue weighted by atomic mass is 10.2. The summed E-state index contributed by atoms with van der Waals surface area (Å²) in [5.41, 5.74) is 9.41. The molecule has 0 radical (unpaired) electrons. The molecule has 0 fully saturated rings. The third-order valence-electron chi connectivity index (χ3n) is 0.962. The zero-order chi connectivity index (χ0) is 10.1. The summed E-state index contributed by atoms with van der Waals surface area (Å²) < 4.78 is 0. The molecular weight excluding hydrogens is 164 g/mol. The molecule has 6 nitrogen and oxygen atoms in total. The molecular formula is C6H12N2O4-2. The summed E-state index contributed by atoms with van der Waals surface area (Å²) in [7, 11) is 1.50. The zero-order valence-electron chi connectivity index (χ0n) is 6.78. The van der Waals surface area contributed by atoms with Gasteiger partial charge in [-0.3, -0.25) is 0 Å². The largest absolute Gasteiger partial charge is 0.550 e. The minimum absolute atomic E-state index is 0.148. The van der Waals surface area contributed by atoms with Gasteiger partial charge in [0.1, 0.15) is 0 Å². The molecule has 6 heteroatoms. The number of carboxylic acid groups (broad SMARTS) is 2. The number of aliphatic carboxylic acids is 2. The van der Waals surface area contributed by atoms with Crippen molar-refractivity contribution in [2.75, 3.05) is 7.05 Å². The van der Waals surface area contributed by atoms with Gasteiger partial charge in [-0.05, 0) is 19.9 Å². The van der Waals surface area contributed by atoms with Crippen LogP contribution in [0.5, 0.6) is 0 Å². The summed E-state index contributed by atoms with van der Waals surface area (Å²) in [6.45, 7) is 0. The quantitative estimate of drug-likeness (QED) is 0.451. The lowest BCUT2D eigenvalue weighted by Crippen LogP contribution is -2.42. The molecule has 0 spiro atoms. The van der Waals surface area contributed by atoms with E-state index in [1.807, 2.05) is 0 Å². The number of rotatable bonds is 4. The minimum Gasteiger partial charge on any atom is -0.550 e. The molecule has 0 aliphatic carbocycles. The predicted octanol–water partition coefficient (Wildman–Crippen LogP) is -3.83. The molecule has 1 unspecified atom stereocenters. The Labute approximate surface area is 70.2 Å². The molecule has 0 rings (SSSR count). The molecule has 72 valence electrons.